The second-order valence-electron chi connectivity index (χ2n) is 7.08. The molecule has 9 nitrogen and oxygen atoms in total. The number of ether oxygens (including phenoxy) is 1. The number of rotatable bonds is 7. The highest BCUT2D eigenvalue weighted by molar-refractivity contribution is 6.07. The standard InChI is InChI=1S/C20H23N5O4/c1-12-4-5-13(22-9-12)10-29-14-6-7-16-15(8-14)17(25(3)24-16)18(27)23-20(2,11-26)19(21)28/h4-9,26H,10-11H2,1-3H3,(H2,21,28)(H,23,27). The zero-order chi connectivity index (χ0) is 21.2. The van der Waals surface area contributed by atoms with Crippen LogP contribution in [-0.2, 0) is 18.4 Å². The van der Waals surface area contributed by atoms with Crippen LogP contribution in [0.5, 0.6) is 5.75 Å². The van der Waals surface area contributed by atoms with Gasteiger partial charge in [-0.05, 0) is 43.7 Å². The molecule has 2 aromatic heterocycles. The Hall–Kier alpha value is -3.46. The van der Waals surface area contributed by atoms with Crippen LogP contribution in [-0.4, -0.2) is 43.8 Å². The van der Waals surface area contributed by atoms with Gasteiger partial charge in [0.1, 0.15) is 23.6 Å². The second-order valence-corrected chi connectivity index (χ2v) is 7.08. The minimum atomic E-state index is -1.58. The van der Waals surface area contributed by atoms with Gasteiger partial charge in [0.2, 0.25) is 5.91 Å². The maximum Gasteiger partial charge on any atom is 0.271 e. The van der Waals surface area contributed by atoms with Crippen molar-refractivity contribution in [2.75, 3.05) is 6.61 Å². The highest BCUT2D eigenvalue weighted by Gasteiger charge is 2.33. The predicted molar refractivity (Wildman–Crippen MR) is 106 cm³/mol. The van der Waals surface area contributed by atoms with E-state index in [1.54, 1.807) is 31.4 Å². The Morgan fingerprint density at radius 1 is 1.31 bits per heavy atom. The average molecular weight is 397 g/mol. The Balaban J connectivity index is 1.87. The average Bonchev–Trinajstić information content (AvgIpc) is 3.02. The molecular formula is C20H23N5O4. The third-order valence-electron chi connectivity index (χ3n) is 4.63. The van der Waals surface area contributed by atoms with E-state index < -0.39 is 24.0 Å². The maximum atomic E-state index is 12.8. The van der Waals surface area contributed by atoms with E-state index in [-0.39, 0.29) is 12.3 Å². The topological polar surface area (TPSA) is 132 Å². The number of aliphatic hydroxyl groups excluding tert-OH is 1. The van der Waals surface area contributed by atoms with Crippen molar-refractivity contribution < 1.29 is 19.4 Å². The third kappa shape index (κ3) is 4.19. The third-order valence-corrected chi connectivity index (χ3v) is 4.63. The summed E-state index contributed by atoms with van der Waals surface area (Å²) in [6.45, 7) is 2.97. The molecule has 1 atom stereocenters. The number of aryl methyl sites for hydroxylation is 2. The van der Waals surface area contributed by atoms with Crippen molar-refractivity contribution in [3.05, 3.63) is 53.5 Å². The number of hydrogen-bond donors (Lipinski definition) is 3. The van der Waals surface area contributed by atoms with Crippen LogP contribution in [0.2, 0.25) is 0 Å². The molecule has 0 aliphatic rings. The SMILES string of the molecule is Cc1ccc(COc2ccc3nn(C)c(C(=O)NC(C)(CO)C(N)=O)c3c2)nc1. The minimum Gasteiger partial charge on any atom is -0.487 e. The number of amides is 2. The Kier molecular flexibility index (Phi) is 5.51. The molecule has 0 fully saturated rings. The van der Waals surface area contributed by atoms with Gasteiger partial charge in [0.15, 0.2) is 0 Å². The van der Waals surface area contributed by atoms with Gasteiger partial charge in [-0.2, -0.15) is 5.10 Å². The molecule has 152 valence electrons. The number of aliphatic hydroxyl groups is 1. The fourth-order valence-electron chi connectivity index (χ4n) is 2.77. The molecule has 0 spiro atoms. The van der Waals surface area contributed by atoms with Gasteiger partial charge >= 0.3 is 0 Å². The molecular weight excluding hydrogens is 374 g/mol. The van der Waals surface area contributed by atoms with Crippen LogP contribution < -0.4 is 15.8 Å². The molecule has 0 saturated carbocycles. The van der Waals surface area contributed by atoms with Crippen LogP contribution in [0, 0.1) is 6.92 Å². The molecule has 0 aliphatic carbocycles. The number of pyridine rings is 1. The molecule has 0 saturated heterocycles. The van der Waals surface area contributed by atoms with E-state index in [1.165, 1.54) is 11.6 Å². The predicted octanol–water partition coefficient (Wildman–Crippen LogP) is 0.822. The van der Waals surface area contributed by atoms with Crippen LogP contribution in [0.1, 0.15) is 28.7 Å². The summed E-state index contributed by atoms with van der Waals surface area (Å²) in [5.41, 5.74) is 6.36. The van der Waals surface area contributed by atoms with Gasteiger partial charge in [0.25, 0.3) is 5.91 Å². The van der Waals surface area contributed by atoms with Crippen molar-refractivity contribution in [1.82, 2.24) is 20.1 Å². The van der Waals surface area contributed by atoms with Crippen LogP contribution in [0.4, 0.5) is 0 Å². The van der Waals surface area contributed by atoms with Gasteiger partial charge in [-0.15, -0.1) is 0 Å². The first-order valence-electron chi connectivity index (χ1n) is 8.98. The Morgan fingerprint density at radius 3 is 2.69 bits per heavy atom. The van der Waals surface area contributed by atoms with Crippen LogP contribution in [0.3, 0.4) is 0 Å². The second kappa shape index (κ2) is 7.88. The molecule has 2 amide bonds. The normalized spacial score (nSPS) is 13.1. The lowest BCUT2D eigenvalue weighted by Gasteiger charge is -2.24. The number of carbonyl (C=O) groups is 2. The summed E-state index contributed by atoms with van der Waals surface area (Å²) < 4.78 is 7.21. The molecule has 3 aromatic rings. The molecule has 29 heavy (non-hydrogen) atoms. The largest absolute Gasteiger partial charge is 0.487 e. The van der Waals surface area contributed by atoms with Crippen molar-refractivity contribution in [2.24, 2.45) is 12.8 Å². The number of carbonyl (C=O) groups excluding carboxylic acids is 2. The lowest BCUT2D eigenvalue weighted by atomic mass is 10.0. The van der Waals surface area contributed by atoms with E-state index in [0.29, 0.717) is 16.7 Å². The summed E-state index contributed by atoms with van der Waals surface area (Å²) in [4.78, 5) is 28.7. The molecule has 3 rings (SSSR count). The lowest BCUT2D eigenvalue weighted by Crippen LogP contribution is -2.58. The summed E-state index contributed by atoms with van der Waals surface area (Å²) in [5.74, 6) is -0.876. The van der Waals surface area contributed by atoms with Gasteiger partial charge < -0.3 is 20.9 Å². The van der Waals surface area contributed by atoms with E-state index in [9.17, 15) is 14.7 Å². The van der Waals surface area contributed by atoms with Crippen molar-refractivity contribution in [3.63, 3.8) is 0 Å². The fourth-order valence-corrected chi connectivity index (χ4v) is 2.77. The minimum absolute atomic E-state index is 0.222. The summed E-state index contributed by atoms with van der Waals surface area (Å²) >= 11 is 0. The summed E-state index contributed by atoms with van der Waals surface area (Å²) in [7, 11) is 1.62. The highest BCUT2D eigenvalue weighted by Crippen LogP contribution is 2.24. The number of hydrogen-bond acceptors (Lipinski definition) is 6. The number of primary amides is 1. The number of nitrogens with two attached hydrogens (primary N) is 1. The molecule has 1 aromatic carbocycles. The molecule has 9 heteroatoms. The van der Waals surface area contributed by atoms with Crippen molar-refractivity contribution in [1.29, 1.82) is 0 Å². The quantitative estimate of drug-likeness (QED) is 0.541. The first-order chi connectivity index (χ1) is 13.7. The first kappa shape index (κ1) is 20.3. The number of fused-ring (bicyclic) bond motifs is 1. The number of nitrogens with one attached hydrogen (secondary N) is 1. The number of benzene rings is 1. The monoisotopic (exact) mass is 397 g/mol. The van der Waals surface area contributed by atoms with Crippen LogP contribution in [0.15, 0.2) is 36.5 Å². The molecule has 1 unspecified atom stereocenters. The smallest absolute Gasteiger partial charge is 0.271 e. The zero-order valence-electron chi connectivity index (χ0n) is 16.5. The lowest BCUT2D eigenvalue weighted by molar-refractivity contribution is -0.124. The van der Waals surface area contributed by atoms with Gasteiger partial charge in [-0.3, -0.25) is 19.3 Å². The van der Waals surface area contributed by atoms with Gasteiger partial charge in [0.05, 0.1) is 17.8 Å². The van der Waals surface area contributed by atoms with Crippen LogP contribution in [0.25, 0.3) is 10.9 Å². The van der Waals surface area contributed by atoms with E-state index in [4.69, 9.17) is 10.5 Å². The van der Waals surface area contributed by atoms with Crippen molar-refractivity contribution in [2.45, 2.75) is 26.0 Å². The number of aromatic nitrogens is 3. The van der Waals surface area contributed by atoms with E-state index in [0.717, 1.165) is 11.3 Å². The van der Waals surface area contributed by atoms with Crippen LogP contribution >= 0.6 is 0 Å². The van der Waals surface area contributed by atoms with Crippen molar-refractivity contribution in [3.8, 4) is 5.75 Å². The Bertz CT molecular complexity index is 1060. The molecule has 0 radical (unpaired) electrons. The van der Waals surface area contributed by atoms with E-state index in [1.807, 2.05) is 19.1 Å². The highest BCUT2D eigenvalue weighted by atomic mass is 16.5. The van der Waals surface area contributed by atoms with E-state index in [2.05, 4.69) is 15.4 Å². The molecule has 0 aliphatic heterocycles. The summed E-state index contributed by atoms with van der Waals surface area (Å²) in [6.07, 6.45) is 1.77. The van der Waals surface area contributed by atoms with Gasteiger partial charge in [-0.25, -0.2) is 0 Å². The maximum absolute atomic E-state index is 12.8. The fraction of sp³-hybridized carbons (Fsp3) is 0.300. The van der Waals surface area contributed by atoms with Gasteiger partial charge in [-0.1, -0.05) is 6.07 Å². The molecule has 4 N–H and O–H groups in total. The van der Waals surface area contributed by atoms with Gasteiger partial charge in [0, 0.05) is 18.6 Å². The zero-order valence-corrected chi connectivity index (χ0v) is 16.5. The summed E-state index contributed by atoms with van der Waals surface area (Å²) in [6, 6.07) is 9.04. The molecule has 0 bridgehead atoms. The molecule has 2 heterocycles. The first-order valence-corrected chi connectivity index (χ1v) is 8.98. The Labute approximate surface area is 167 Å². The number of nitrogens with zero attached hydrogens (tertiary/aromatic N) is 3. The Morgan fingerprint density at radius 2 is 2.07 bits per heavy atom. The van der Waals surface area contributed by atoms with Crippen molar-refractivity contribution >= 4 is 22.7 Å². The summed E-state index contributed by atoms with van der Waals surface area (Å²) in [5, 5.41) is 16.8. The van der Waals surface area contributed by atoms with E-state index >= 15 is 0 Å².